The van der Waals surface area contributed by atoms with Crippen LogP contribution in [0.15, 0.2) is 48.5 Å². The zero-order valence-electron chi connectivity index (χ0n) is 13.1. The average molecular weight is 328 g/mol. The molecule has 5 heteroatoms. The van der Waals surface area contributed by atoms with Crippen molar-refractivity contribution >= 4 is 17.5 Å². The summed E-state index contributed by atoms with van der Waals surface area (Å²) in [6.45, 7) is 0.440. The molecule has 0 spiro atoms. The Morgan fingerprint density at radius 2 is 1.87 bits per heavy atom. The summed E-state index contributed by atoms with van der Waals surface area (Å²) in [5.74, 6) is -0.173. The normalized spacial score (nSPS) is 11.8. The molecule has 0 unspecified atom stereocenters. The molecule has 0 aliphatic heterocycles. The van der Waals surface area contributed by atoms with Gasteiger partial charge in [0, 0.05) is 17.1 Å². The van der Waals surface area contributed by atoms with E-state index in [1.807, 2.05) is 49.3 Å². The summed E-state index contributed by atoms with van der Waals surface area (Å²) in [6, 6.07) is 16.2. The summed E-state index contributed by atoms with van der Waals surface area (Å²) in [4.78, 5) is 14.3. The van der Waals surface area contributed by atoms with Gasteiger partial charge in [-0.05, 0) is 50.0 Å². The second-order valence-corrected chi connectivity index (χ2v) is 5.81. The molecule has 0 aliphatic rings. The molecule has 1 amide bonds. The number of likely N-dealkylation sites (N-methyl/N-ethyl adjacent to an activating group) is 1. The first kappa shape index (κ1) is 17.0. The number of nitriles is 1. The van der Waals surface area contributed by atoms with Crippen LogP contribution in [0.2, 0.25) is 5.02 Å². The lowest BCUT2D eigenvalue weighted by Gasteiger charge is -2.26. The van der Waals surface area contributed by atoms with Crippen molar-refractivity contribution in [3.63, 3.8) is 0 Å². The molecule has 2 aromatic rings. The molecule has 0 heterocycles. The third-order valence-corrected chi connectivity index (χ3v) is 3.96. The highest BCUT2D eigenvalue weighted by Crippen LogP contribution is 2.25. The SMILES string of the molecule is CN(C)[C@@H](CNC(=O)c1ccc(C#N)cc1)c1ccccc1Cl. The molecule has 0 saturated carbocycles. The van der Waals surface area contributed by atoms with Crippen LogP contribution in [0, 0.1) is 11.3 Å². The van der Waals surface area contributed by atoms with Crippen molar-refractivity contribution in [2.75, 3.05) is 20.6 Å². The predicted molar refractivity (Wildman–Crippen MR) is 91.4 cm³/mol. The van der Waals surface area contributed by atoms with Crippen LogP contribution >= 0.6 is 11.6 Å². The number of carbonyl (C=O) groups is 1. The summed E-state index contributed by atoms with van der Waals surface area (Å²) in [5, 5.41) is 12.4. The molecule has 1 atom stereocenters. The smallest absolute Gasteiger partial charge is 0.251 e. The molecule has 0 bridgehead atoms. The minimum Gasteiger partial charge on any atom is -0.350 e. The number of rotatable bonds is 5. The molecule has 0 radical (unpaired) electrons. The van der Waals surface area contributed by atoms with Crippen molar-refractivity contribution in [1.82, 2.24) is 10.2 Å². The average Bonchev–Trinajstić information content (AvgIpc) is 2.56. The van der Waals surface area contributed by atoms with Crippen LogP contribution < -0.4 is 5.32 Å². The fourth-order valence-corrected chi connectivity index (χ4v) is 2.57. The van der Waals surface area contributed by atoms with Crippen LogP contribution in [0.3, 0.4) is 0 Å². The van der Waals surface area contributed by atoms with E-state index in [9.17, 15) is 4.79 Å². The van der Waals surface area contributed by atoms with Gasteiger partial charge in [-0.1, -0.05) is 29.8 Å². The van der Waals surface area contributed by atoms with Gasteiger partial charge in [0.05, 0.1) is 17.7 Å². The summed E-state index contributed by atoms with van der Waals surface area (Å²) >= 11 is 6.26. The second kappa shape index (κ2) is 7.77. The summed E-state index contributed by atoms with van der Waals surface area (Å²) in [5.41, 5.74) is 2.03. The van der Waals surface area contributed by atoms with Crippen LogP contribution in [0.1, 0.15) is 27.5 Å². The summed E-state index contributed by atoms with van der Waals surface area (Å²) in [6.07, 6.45) is 0. The fourth-order valence-electron chi connectivity index (χ4n) is 2.30. The Hall–Kier alpha value is -2.35. The van der Waals surface area contributed by atoms with Gasteiger partial charge in [-0.15, -0.1) is 0 Å². The molecule has 0 fully saturated rings. The third kappa shape index (κ3) is 4.32. The molecule has 2 rings (SSSR count). The van der Waals surface area contributed by atoms with Crippen molar-refractivity contribution in [2.45, 2.75) is 6.04 Å². The minimum atomic E-state index is -0.173. The van der Waals surface area contributed by atoms with Gasteiger partial charge in [0.2, 0.25) is 0 Å². The number of nitrogens with zero attached hydrogens (tertiary/aromatic N) is 2. The molecule has 118 valence electrons. The van der Waals surface area contributed by atoms with E-state index in [4.69, 9.17) is 16.9 Å². The number of hydrogen-bond acceptors (Lipinski definition) is 3. The second-order valence-electron chi connectivity index (χ2n) is 5.40. The van der Waals surface area contributed by atoms with E-state index >= 15 is 0 Å². The van der Waals surface area contributed by atoms with Crippen molar-refractivity contribution in [1.29, 1.82) is 5.26 Å². The lowest BCUT2D eigenvalue weighted by atomic mass is 10.1. The van der Waals surface area contributed by atoms with Gasteiger partial charge in [-0.25, -0.2) is 0 Å². The number of amides is 1. The van der Waals surface area contributed by atoms with E-state index in [1.54, 1.807) is 24.3 Å². The van der Waals surface area contributed by atoms with Gasteiger partial charge < -0.3 is 10.2 Å². The first-order valence-corrected chi connectivity index (χ1v) is 7.60. The van der Waals surface area contributed by atoms with E-state index in [0.717, 1.165) is 5.56 Å². The maximum absolute atomic E-state index is 12.2. The molecule has 2 aromatic carbocycles. The monoisotopic (exact) mass is 327 g/mol. The van der Waals surface area contributed by atoms with Gasteiger partial charge in [0.15, 0.2) is 0 Å². The molecule has 4 nitrogen and oxygen atoms in total. The number of halogens is 1. The number of carbonyl (C=O) groups excluding carboxylic acids is 1. The topological polar surface area (TPSA) is 56.1 Å². The number of hydrogen-bond donors (Lipinski definition) is 1. The van der Waals surface area contributed by atoms with Crippen LogP contribution in [-0.4, -0.2) is 31.4 Å². The van der Waals surface area contributed by atoms with Crippen molar-refractivity contribution in [2.24, 2.45) is 0 Å². The lowest BCUT2D eigenvalue weighted by molar-refractivity contribution is 0.0942. The zero-order chi connectivity index (χ0) is 16.8. The highest BCUT2D eigenvalue weighted by molar-refractivity contribution is 6.31. The Balaban J connectivity index is 2.08. The van der Waals surface area contributed by atoms with Crippen LogP contribution in [0.5, 0.6) is 0 Å². The van der Waals surface area contributed by atoms with Gasteiger partial charge in [-0.3, -0.25) is 4.79 Å². The van der Waals surface area contributed by atoms with Crippen molar-refractivity contribution in [3.05, 3.63) is 70.2 Å². The van der Waals surface area contributed by atoms with E-state index in [2.05, 4.69) is 5.32 Å². The van der Waals surface area contributed by atoms with E-state index < -0.39 is 0 Å². The Morgan fingerprint density at radius 3 is 2.43 bits per heavy atom. The summed E-state index contributed by atoms with van der Waals surface area (Å²) in [7, 11) is 3.89. The van der Waals surface area contributed by atoms with Crippen LogP contribution in [0.25, 0.3) is 0 Å². The third-order valence-electron chi connectivity index (χ3n) is 3.62. The van der Waals surface area contributed by atoms with Gasteiger partial charge in [0.1, 0.15) is 0 Å². The first-order valence-electron chi connectivity index (χ1n) is 7.22. The van der Waals surface area contributed by atoms with Crippen LogP contribution in [-0.2, 0) is 0 Å². The first-order chi connectivity index (χ1) is 11.0. The minimum absolute atomic E-state index is 0.0222. The van der Waals surface area contributed by atoms with Crippen molar-refractivity contribution in [3.8, 4) is 6.07 Å². The van der Waals surface area contributed by atoms with Gasteiger partial charge in [0.25, 0.3) is 5.91 Å². The molecule has 0 saturated heterocycles. The Kier molecular flexibility index (Phi) is 5.75. The maximum atomic E-state index is 12.2. The Labute approximate surface area is 141 Å². The predicted octanol–water partition coefficient (Wildman–Crippen LogP) is 3.24. The molecular formula is C18H18ClN3O. The summed E-state index contributed by atoms with van der Waals surface area (Å²) < 4.78 is 0. The Bertz CT molecular complexity index is 720. The molecular weight excluding hydrogens is 310 g/mol. The van der Waals surface area contributed by atoms with Crippen molar-refractivity contribution < 1.29 is 4.79 Å². The molecule has 23 heavy (non-hydrogen) atoms. The van der Waals surface area contributed by atoms with Crippen LogP contribution in [0.4, 0.5) is 0 Å². The Morgan fingerprint density at radius 1 is 1.22 bits per heavy atom. The highest BCUT2D eigenvalue weighted by atomic mass is 35.5. The lowest BCUT2D eigenvalue weighted by Crippen LogP contribution is -2.34. The standard InChI is InChI=1S/C18H18ClN3O/c1-22(2)17(15-5-3-4-6-16(15)19)12-21-18(23)14-9-7-13(11-20)8-10-14/h3-10,17H,12H2,1-2H3,(H,21,23)/t17-/m0/s1. The number of nitrogens with one attached hydrogen (secondary N) is 1. The zero-order valence-corrected chi connectivity index (χ0v) is 13.8. The number of benzene rings is 2. The maximum Gasteiger partial charge on any atom is 0.251 e. The quantitative estimate of drug-likeness (QED) is 0.917. The highest BCUT2D eigenvalue weighted by Gasteiger charge is 2.18. The van der Waals surface area contributed by atoms with E-state index in [1.165, 1.54) is 0 Å². The largest absolute Gasteiger partial charge is 0.350 e. The van der Waals surface area contributed by atoms with E-state index in [0.29, 0.717) is 22.7 Å². The van der Waals surface area contributed by atoms with Gasteiger partial charge in [-0.2, -0.15) is 5.26 Å². The van der Waals surface area contributed by atoms with Gasteiger partial charge >= 0.3 is 0 Å². The molecule has 1 N–H and O–H groups in total. The molecule has 0 aromatic heterocycles. The molecule has 0 aliphatic carbocycles. The fraction of sp³-hybridized carbons (Fsp3) is 0.222. The van der Waals surface area contributed by atoms with E-state index in [-0.39, 0.29) is 11.9 Å².